The molecular formula is C24H21ClN2O3. The number of halogens is 1. The number of ether oxygens (including phenoxy) is 1. The molecule has 6 heteroatoms. The second-order valence-corrected chi connectivity index (χ2v) is 7.42. The molecule has 5 nitrogen and oxygen atoms in total. The summed E-state index contributed by atoms with van der Waals surface area (Å²) < 4.78 is 11.1. The third-order valence-electron chi connectivity index (χ3n) is 4.78. The van der Waals surface area contributed by atoms with E-state index in [2.05, 4.69) is 4.98 Å². The summed E-state index contributed by atoms with van der Waals surface area (Å²) in [5.74, 6) is 1.18. The molecule has 0 saturated heterocycles. The van der Waals surface area contributed by atoms with Crippen LogP contribution in [0.3, 0.4) is 0 Å². The van der Waals surface area contributed by atoms with Crippen molar-refractivity contribution < 1.29 is 13.9 Å². The van der Waals surface area contributed by atoms with E-state index >= 15 is 0 Å². The number of hydrogen-bond donors (Lipinski definition) is 0. The van der Waals surface area contributed by atoms with Gasteiger partial charge < -0.3 is 14.1 Å². The number of oxazole rings is 1. The molecule has 1 amide bonds. The molecule has 4 rings (SSSR count). The summed E-state index contributed by atoms with van der Waals surface area (Å²) in [7, 11) is 1.61. The molecule has 1 heterocycles. The third kappa shape index (κ3) is 4.81. The largest absolute Gasteiger partial charge is 0.497 e. The Morgan fingerprint density at radius 3 is 2.60 bits per heavy atom. The predicted octanol–water partition coefficient (Wildman–Crippen LogP) is 5.26. The van der Waals surface area contributed by atoms with E-state index in [1.54, 1.807) is 30.2 Å². The minimum absolute atomic E-state index is 0.0209. The number of amides is 1. The summed E-state index contributed by atoms with van der Waals surface area (Å²) >= 11 is 6.05. The van der Waals surface area contributed by atoms with E-state index in [0.29, 0.717) is 28.6 Å². The highest BCUT2D eigenvalue weighted by Crippen LogP contribution is 2.22. The molecule has 0 unspecified atom stereocenters. The molecule has 152 valence electrons. The average Bonchev–Trinajstić information content (AvgIpc) is 3.15. The van der Waals surface area contributed by atoms with Gasteiger partial charge in [-0.15, -0.1) is 0 Å². The first-order valence-corrected chi connectivity index (χ1v) is 9.98. The average molecular weight is 421 g/mol. The summed E-state index contributed by atoms with van der Waals surface area (Å²) in [4.78, 5) is 19.4. The monoisotopic (exact) mass is 420 g/mol. The van der Waals surface area contributed by atoms with Crippen molar-refractivity contribution in [3.8, 4) is 5.75 Å². The third-order valence-corrected chi connectivity index (χ3v) is 5.01. The van der Waals surface area contributed by atoms with Crippen LogP contribution in [-0.2, 0) is 24.3 Å². The molecule has 0 atom stereocenters. The molecule has 4 aromatic rings. The highest BCUT2D eigenvalue weighted by molar-refractivity contribution is 6.31. The molecule has 0 N–H and O–H groups in total. The summed E-state index contributed by atoms with van der Waals surface area (Å²) in [5.41, 5.74) is 3.25. The van der Waals surface area contributed by atoms with Gasteiger partial charge in [0, 0.05) is 11.6 Å². The van der Waals surface area contributed by atoms with Crippen molar-refractivity contribution in [2.24, 2.45) is 0 Å². The number of hydrogen-bond acceptors (Lipinski definition) is 4. The number of methoxy groups -OCH3 is 1. The van der Waals surface area contributed by atoms with Crippen molar-refractivity contribution in [3.05, 3.63) is 94.8 Å². The second kappa shape index (κ2) is 9.01. The SMILES string of the molecule is COc1cccc(CC(=O)N(Cc2ccccc2)Cc2nc3cc(Cl)ccc3o2)c1. The molecule has 3 aromatic carbocycles. The topological polar surface area (TPSA) is 55.6 Å². The lowest BCUT2D eigenvalue weighted by Gasteiger charge is -2.21. The van der Waals surface area contributed by atoms with Crippen LogP contribution in [0.2, 0.25) is 5.02 Å². The number of aromatic nitrogens is 1. The maximum Gasteiger partial charge on any atom is 0.227 e. The molecule has 0 fully saturated rings. The van der Waals surface area contributed by atoms with Gasteiger partial charge in [-0.2, -0.15) is 0 Å². The van der Waals surface area contributed by atoms with Gasteiger partial charge >= 0.3 is 0 Å². The molecule has 0 aliphatic carbocycles. The molecule has 1 aromatic heterocycles. The zero-order valence-electron chi connectivity index (χ0n) is 16.5. The fraction of sp³-hybridized carbons (Fsp3) is 0.167. The van der Waals surface area contributed by atoms with Crippen LogP contribution in [0.5, 0.6) is 5.75 Å². The molecule has 0 bridgehead atoms. The van der Waals surface area contributed by atoms with Crippen LogP contribution in [0.25, 0.3) is 11.1 Å². The van der Waals surface area contributed by atoms with Crippen molar-refractivity contribution in [3.63, 3.8) is 0 Å². The van der Waals surface area contributed by atoms with Gasteiger partial charge in [0.1, 0.15) is 11.3 Å². The number of benzene rings is 3. The molecule has 0 aliphatic heterocycles. The summed E-state index contributed by atoms with van der Waals surface area (Å²) in [5, 5.41) is 0.595. The van der Waals surface area contributed by atoms with E-state index in [4.69, 9.17) is 20.8 Å². The first-order valence-electron chi connectivity index (χ1n) is 9.60. The van der Waals surface area contributed by atoms with Gasteiger partial charge in [0.15, 0.2) is 5.58 Å². The van der Waals surface area contributed by atoms with Gasteiger partial charge in [0.25, 0.3) is 0 Å². The number of rotatable bonds is 7. The van der Waals surface area contributed by atoms with Crippen LogP contribution in [0.4, 0.5) is 0 Å². The van der Waals surface area contributed by atoms with E-state index in [1.807, 2.05) is 54.6 Å². The standard InChI is InChI=1S/C24H21ClN2O3/c1-29-20-9-5-8-18(12-20)13-24(28)27(15-17-6-3-2-4-7-17)16-23-26-21-14-19(25)10-11-22(21)30-23/h2-12,14H,13,15-16H2,1H3. The van der Waals surface area contributed by atoms with Gasteiger partial charge in [0.05, 0.1) is 20.1 Å². The molecular weight excluding hydrogens is 400 g/mol. The van der Waals surface area contributed by atoms with Gasteiger partial charge in [-0.05, 0) is 41.5 Å². The van der Waals surface area contributed by atoms with E-state index in [1.165, 1.54) is 0 Å². The minimum Gasteiger partial charge on any atom is -0.497 e. The fourth-order valence-corrected chi connectivity index (χ4v) is 3.45. The lowest BCUT2D eigenvalue weighted by molar-refractivity contribution is -0.132. The Kier molecular flexibility index (Phi) is 6.00. The normalized spacial score (nSPS) is 10.9. The number of nitrogens with zero attached hydrogens (tertiary/aromatic N) is 2. The van der Waals surface area contributed by atoms with E-state index in [9.17, 15) is 4.79 Å². The van der Waals surface area contributed by atoms with E-state index < -0.39 is 0 Å². The number of fused-ring (bicyclic) bond motifs is 1. The first kappa shape index (κ1) is 20.0. The van der Waals surface area contributed by atoms with Crippen LogP contribution in [0.1, 0.15) is 17.0 Å². The maximum absolute atomic E-state index is 13.2. The highest BCUT2D eigenvalue weighted by atomic mass is 35.5. The van der Waals surface area contributed by atoms with Gasteiger partial charge in [0.2, 0.25) is 11.8 Å². The maximum atomic E-state index is 13.2. The van der Waals surface area contributed by atoms with Crippen LogP contribution in [0, 0.1) is 0 Å². The number of carbonyl (C=O) groups excluding carboxylic acids is 1. The Hall–Kier alpha value is -3.31. The summed E-state index contributed by atoms with van der Waals surface area (Å²) in [6.45, 7) is 0.729. The Bertz CT molecular complexity index is 1160. The van der Waals surface area contributed by atoms with Crippen molar-refractivity contribution in [2.75, 3.05) is 7.11 Å². The number of carbonyl (C=O) groups is 1. The zero-order chi connectivity index (χ0) is 20.9. The highest BCUT2D eigenvalue weighted by Gasteiger charge is 2.19. The Labute approximate surface area is 179 Å². The zero-order valence-corrected chi connectivity index (χ0v) is 17.3. The molecule has 0 aliphatic rings. The molecule has 30 heavy (non-hydrogen) atoms. The van der Waals surface area contributed by atoms with Gasteiger partial charge in [-0.1, -0.05) is 54.1 Å². The van der Waals surface area contributed by atoms with Crippen LogP contribution in [-0.4, -0.2) is 22.9 Å². The van der Waals surface area contributed by atoms with E-state index in [0.717, 1.165) is 16.9 Å². The Balaban J connectivity index is 1.58. The van der Waals surface area contributed by atoms with Crippen LogP contribution >= 0.6 is 11.6 Å². The summed E-state index contributed by atoms with van der Waals surface area (Å²) in [6.07, 6.45) is 0.260. The Morgan fingerprint density at radius 2 is 1.80 bits per heavy atom. The van der Waals surface area contributed by atoms with Gasteiger partial charge in [-0.25, -0.2) is 4.98 Å². The van der Waals surface area contributed by atoms with Crippen LogP contribution < -0.4 is 4.74 Å². The molecule has 0 saturated carbocycles. The predicted molar refractivity (Wildman–Crippen MR) is 116 cm³/mol. The lowest BCUT2D eigenvalue weighted by atomic mass is 10.1. The van der Waals surface area contributed by atoms with Crippen molar-refractivity contribution in [1.82, 2.24) is 9.88 Å². The van der Waals surface area contributed by atoms with Crippen molar-refractivity contribution in [1.29, 1.82) is 0 Å². The second-order valence-electron chi connectivity index (χ2n) is 6.98. The Morgan fingerprint density at radius 1 is 1.00 bits per heavy atom. The molecule has 0 spiro atoms. The smallest absolute Gasteiger partial charge is 0.227 e. The molecule has 0 radical (unpaired) electrons. The minimum atomic E-state index is -0.0209. The summed E-state index contributed by atoms with van der Waals surface area (Å²) in [6, 6.07) is 22.7. The first-order chi connectivity index (χ1) is 14.6. The van der Waals surface area contributed by atoms with Gasteiger partial charge in [-0.3, -0.25) is 4.79 Å². The van der Waals surface area contributed by atoms with Crippen molar-refractivity contribution >= 4 is 28.6 Å². The lowest BCUT2D eigenvalue weighted by Crippen LogP contribution is -2.31. The van der Waals surface area contributed by atoms with E-state index in [-0.39, 0.29) is 18.9 Å². The quantitative estimate of drug-likeness (QED) is 0.409. The fourth-order valence-electron chi connectivity index (χ4n) is 3.28. The van der Waals surface area contributed by atoms with Crippen LogP contribution in [0.15, 0.2) is 77.2 Å². The van der Waals surface area contributed by atoms with Crippen molar-refractivity contribution in [2.45, 2.75) is 19.5 Å².